The Hall–Kier alpha value is -0.760. The first kappa shape index (κ1) is 50.2. The summed E-state index contributed by atoms with van der Waals surface area (Å²) in [5, 5.41) is 13.7. The van der Waals surface area contributed by atoms with E-state index in [1.807, 2.05) is 0 Å². The summed E-state index contributed by atoms with van der Waals surface area (Å²) in [4.78, 5) is 22.7. The van der Waals surface area contributed by atoms with Crippen LogP contribution in [0.4, 0.5) is 0 Å². The van der Waals surface area contributed by atoms with E-state index in [0.717, 1.165) is 38.5 Å². The van der Waals surface area contributed by atoms with E-state index in [-0.39, 0.29) is 25.7 Å². The van der Waals surface area contributed by atoms with E-state index in [1.54, 1.807) is 0 Å². The van der Waals surface area contributed by atoms with Crippen molar-refractivity contribution < 1.29 is 28.4 Å². The Labute approximate surface area is 315 Å². The first-order chi connectivity index (χ1) is 24.9. The van der Waals surface area contributed by atoms with Crippen LogP contribution in [0.2, 0.25) is 0 Å². The molecule has 0 radical (unpaired) electrons. The molecule has 0 aliphatic rings. The molecule has 0 aliphatic carbocycles. The second-order valence-corrected chi connectivity index (χ2v) is 16.4. The number of hydrogen-bond donors (Lipinski definition) is 4. The third kappa shape index (κ3) is 37.4. The van der Waals surface area contributed by atoms with E-state index in [2.05, 4.69) is 31.3 Å². The van der Waals surface area contributed by atoms with Gasteiger partial charge < -0.3 is 21.1 Å². The molecular weight excluding hydrogens is 659 g/mol. The molecule has 0 bridgehead atoms. The normalized spacial score (nSPS) is 14.2. The van der Waals surface area contributed by atoms with E-state index in [1.165, 1.54) is 154 Å². The Kier molecular flexibility index (Phi) is 38.4. The van der Waals surface area contributed by atoms with Crippen LogP contribution < -0.4 is 11.1 Å². The van der Waals surface area contributed by atoms with E-state index >= 15 is 0 Å². The summed E-state index contributed by atoms with van der Waals surface area (Å²) in [6.45, 7) is 4.19. The van der Waals surface area contributed by atoms with E-state index in [4.69, 9.17) is 14.8 Å². The molecule has 0 heterocycles. The van der Waals surface area contributed by atoms with Crippen LogP contribution in [0.15, 0.2) is 12.2 Å². The molecule has 0 aliphatic heterocycles. The van der Waals surface area contributed by atoms with Crippen LogP contribution in [0.3, 0.4) is 0 Å². The fourth-order valence-corrected chi connectivity index (χ4v) is 7.30. The highest BCUT2D eigenvalue weighted by Gasteiger charge is 2.27. The summed E-state index contributed by atoms with van der Waals surface area (Å²) in [5.41, 5.74) is 5.36. The fourth-order valence-electron chi connectivity index (χ4n) is 6.54. The Morgan fingerprint density at radius 1 is 0.627 bits per heavy atom. The number of carbonyl (C=O) groups is 1. The SMILES string of the molecule is CCCCCCCCCC/C=C\CCCCCCCCCCCCCC(=O)NC(COP(=O)(O)OCCN)C(O)CCCCCCCCCCC. The van der Waals surface area contributed by atoms with Crippen molar-refractivity contribution in [1.29, 1.82) is 0 Å². The van der Waals surface area contributed by atoms with Crippen molar-refractivity contribution in [3.8, 4) is 0 Å². The minimum absolute atomic E-state index is 0.0903. The Morgan fingerprint density at radius 3 is 1.45 bits per heavy atom. The minimum atomic E-state index is -4.30. The van der Waals surface area contributed by atoms with Crippen LogP contribution in [0.1, 0.15) is 219 Å². The van der Waals surface area contributed by atoms with Crippen molar-refractivity contribution in [2.24, 2.45) is 5.73 Å². The Balaban J connectivity index is 3.98. The molecule has 0 aromatic rings. The number of allylic oxidation sites excluding steroid dienone is 2. The Morgan fingerprint density at radius 2 is 1.02 bits per heavy atom. The van der Waals surface area contributed by atoms with Gasteiger partial charge in [-0.3, -0.25) is 13.8 Å². The first-order valence-electron chi connectivity index (χ1n) is 21.8. The third-order valence-electron chi connectivity index (χ3n) is 9.87. The molecule has 0 rings (SSSR count). The molecule has 0 aromatic carbocycles. The fraction of sp³-hybridized carbons (Fsp3) is 0.929. The maximum atomic E-state index is 12.7. The summed E-state index contributed by atoms with van der Waals surface area (Å²) in [6.07, 6.45) is 42.4. The molecule has 51 heavy (non-hydrogen) atoms. The van der Waals surface area contributed by atoms with Gasteiger partial charge in [-0.25, -0.2) is 4.57 Å². The van der Waals surface area contributed by atoms with Crippen LogP contribution in [0.25, 0.3) is 0 Å². The molecular formula is C42H85N2O6P. The number of nitrogens with two attached hydrogens (primary N) is 1. The highest BCUT2D eigenvalue weighted by molar-refractivity contribution is 7.47. The molecule has 3 unspecified atom stereocenters. The molecule has 0 spiro atoms. The maximum absolute atomic E-state index is 12.7. The number of carbonyl (C=O) groups excluding carboxylic acids is 1. The van der Waals surface area contributed by atoms with Gasteiger partial charge in [0.05, 0.1) is 25.4 Å². The lowest BCUT2D eigenvalue weighted by Crippen LogP contribution is -2.46. The molecule has 304 valence electrons. The number of rotatable bonds is 41. The number of phosphoric acid groups is 1. The van der Waals surface area contributed by atoms with E-state index in [0.29, 0.717) is 12.8 Å². The van der Waals surface area contributed by atoms with Gasteiger partial charge in [-0.05, 0) is 38.5 Å². The molecule has 8 nitrogen and oxygen atoms in total. The molecule has 0 aromatic heterocycles. The van der Waals surface area contributed by atoms with Crippen molar-refractivity contribution in [2.45, 2.75) is 231 Å². The van der Waals surface area contributed by atoms with Gasteiger partial charge in [-0.15, -0.1) is 0 Å². The van der Waals surface area contributed by atoms with Gasteiger partial charge in [-0.2, -0.15) is 0 Å². The van der Waals surface area contributed by atoms with Crippen LogP contribution in [-0.4, -0.2) is 47.8 Å². The largest absolute Gasteiger partial charge is 0.472 e. The highest BCUT2D eigenvalue weighted by atomic mass is 31.2. The number of amides is 1. The van der Waals surface area contributed by atoms with Crippen LogP contribution in [-0.2, 0) is 18.4 Å². The molecule has 0 fully saturated rings. The number of nitrogens with one attached hydrogen (secondary N) is 1. The predicted octanol–water partition coefficient (Wildman–Crippen LogP) is 12.0. The van der Waals surface area contributed by atoms with Crippen molar-refractivity contribution in [3.63, 3.8) is 0 Å². The quantitative estimate of drug-likeness (QED) is 0.0278. The maximum Gasteiger partial charge on any atom is 0.472 e. The lowest BCUT2D eigenvalue weighted by Gasteiger charge is -2.25. The lowest BCUT2D eigenvalue weighted by atomic mass is 10.0. The Bertz CT molecular complexity index is 814. The van der Waals surface area contributed by atoms with Gasteiger partial charge in [-0.1, -0.05) is 187 Å². The zero-order valence-electron chi connectivity index (χ0n) is 33.6. The number of phosphoric ester groups is 1. The van der Waals surface area contributed by atoms with Crippen LogP contribution in [0.5, 0.6) is 0 Å². The average Bonchev–Trinajstić information content (AvgIpc) is 3.12. The highest BCUT2D eigenvalue weighted by Crippen LogP contribution is 2.43. The summed E-state index contributed by atoms with van der Waals surface area (Å²) in [7, 11) is -4.30. The molecule has 9 heteroatoms. The molecule has 3 atom stereocenters. The predicted molar refractivity (Wildman–Crippen MR) is 217 cm³/mol. The average molecular weight is 745 g/mol. The van der Waals surface area contributed by atoms with Crippen LogP contribution in [0, 0.1) is 0 Å². The van der Waals surface area contributed by atoms with Gasteiger partial charge in [0.25, 0.3) is 0 Å². The molecule has 0 saturated carbocycles. The molecule has 0 saturated heterocycles. The number of hydrogen-bond acceptors (Lipinski definition) is 6. The number of aliphatic hydroxyl groups excluding tert-OH is 1. The topological polar surface area (TPSA) is 131 Å². The van der Waals surface area contributed by atoms with Gasteiger partial charge in [0.15, 0.2) is 0 Å². The van der Waals surface area contributed by atoms with Crippen molar-refractivity contribution >= 4 is 13.7 Å². The van der Waals surface area contributed by atoms with Crippen molar-refractivity contribution in [1.82, 2.24) is 5.32 Å². The second-order valence-electron chi connectivity index (χ2n) is 14.9. The standard InChI is InChI=1S/C42H85N2O6P/c1-3-5-7-9-11-13-14-15-16-17-18-19-20-21-22-23-24-25-26-28-30-32-34-36-42(46)44-40(39-50-51(47,48)49-38-37-43)41(45)35-33-31-29-27-12-10-8-6-4-2/h17-18,40-41,45H,3-16,19-39,43H2,1-2H3,(H,44,46)(H,47,48)/b18-17-. The van der Waals surface area contributed by atoms with Gasteiger partial charge in [0, 0.05) is 13.0 Å². The summed E-state index contributed by atoms with van der Waals surface area (Å²) in [6, 6.07) is -0.769. The van der Waals surface area contributed by atoms with Crippen molar-refractivity contribution in [2.75, 3.05) is 19.8 Å². The van der Waals surface area contributed by atoms with Gasteiger partial charge >= 0.3 is 7.82 Å². The molecule has 1 amide bonds. The smallest absolute Gasteiger partial charge is 0.391 e. The second kappa shape index (κ2) is 38.9. The zero-order valence-corrected chi connectivity index (χ0v) is 34.5. The van der Waals surface area contributed by atoms with Crippen molar-refractivity contribution in [3.05, 3.63) is 12.2 Å². The third-order valence-corrected chi connectivity index (χ3v) is 10.9. The van der Waals surface area contributed by atoms with E-state index < -0.39 is 20.0 Å². The number of unbranched alkanes of at least 4 members (excludes halogenated alkanes) is 27. The minimum Gasteiger partial charge on any atom is -0.391 e. The number of aliphatic hydroxyl groups is 1. The first-order valence-corrected chi connectivity index (χ1v) is 23.3. The van der Waals surface area contributed by atoms with Gasteiger partial charge in [0.2, 0.25) is 5.91 Å². The summed E-state index contributed by atoms with van der Waals surface area (Å²) < 4.78 is 22.1. The summed E-state index contributed by atoms with van der Waals surface area (Å²) in [5.74, 6) is -0.163. The van der Waals surface area contributed by atoms with Gasteiger partial charge in [0.1, 0.15) is 0 Å². The molecule has 5 N–H and O–H groups in total. The zero-order chi connectivity index (χ0) is 37.5. The monoisotopic (exact) mass is 745 g/mol. The lowest BCUT2D eigenvalue weighted by molar-refractivity contribution is -0.123. The van der Waals surface area contributed by atoms with Crippen LogP contribution >= 0.6 is 7.82 Å². The van der Waals surface area contributed by atoms with E-state index in [9.17, 15) is 19.4 Å². The summed E-state index contributed by atoms with van der Waals surface area (Å²) >= 11 is 0.